The number of hydrogen-bond donors (Lipinski definition) is 1. The predicted octanol–water partition coefficient (Wildman–Crippen LogP) is 2.62. The second kappa shape index (κ2) is 7.55. The van der Waals surface area contributed by atoms with Gasteiger partial charge in [-0.15, -0.1) is 0 Å². The van der Waals surface area contributed by atoms with Crippen LogP contribution in [0.4, 0.5) is 5.69 Å². The summed E-state index contributed by atoms with van der Waals surface area (Å²) in [4.78, 5) is 14.5. The standard InChI is InChI=1S/C16H21BrN2O3/c17-12-5-1-2-6-13(12)18-15(20)11-19-8-4-3-7-14(19)16-21-9-10-22-16/h1-2,5-6,14,16H,3-4,7-11H2,(H,18,20). The first-order valence-corrected chi connectivity index (χ1v) is 8.55. The molecule has 0 spiro atoms. The Morgan fingerprint density at radius 2 is 2.05 bits per heavy atom. The van der Waals surface area contributed by atoms with Crippen LogP contribution in [0.15, 0.2) is 28.7 Å². The Labute approximate surface area is 139 Å². The highest BCUT2D eigenvalue weighted by atomic mass is 79.9. The number of halogens is 1. The third-order valence-corrected chi connectivity index (χ3v) is 4.81. The molecule has 120 valence electrons. The van der Waals surface area contributed by atoms with Gasteiger partial charge in [0.15, 0.2) is 6.29 Å². The maximum Gasteiger partial charge on any atom is 0.238 e. The van der Waals surface area contributed by atoms with Crippen molar-refractivity contribution in [1.82, 2.24) is 4.90 Å². The van der Waals surface area contributed by atoms with E-state index in [-0.39, 0.29) is 18.2 Å². The normalized spacial score (nSPS) is 23.6. The van der Waals surface area contributed by atoms with Gasteiger partial charge in [0.1, 0.15) is 0 Å². The topological polar surface area (TPSA) is 50.8 Å². The van der Waals surface area contributed by atoms with E-state index in [2.05, 4.69) is 26.1 Å². The molecule has 2 aliphatic rings. The summed E-state index contributed by atoms with van der Waals surface area (Å²) >= 11 is 3.45. The van der Waals surface area contributed by atoms with E-state index < -0.39 is 0 Å². The molecule has 0 aliphatic carbocycles. The molecule has 2 heterocycles. The molecule has 0 saturated carbocycles. The fourth-order valence-electron chi connectivity index (χ4n) is 3.06. The van der Waals surface area contributed by atoms with Crippen molar-refractivity contribution in [1.29, 1.82) is 0 Å². The number of rotatable bonds is 4. The zero-order valence-corrected chi connectivity index (χ0v) is 14.0. The predicted molar refractivity (Wildman–Crippen MR) is 87.7 cm³/mol. The monoisotopic (exact) mass is 368 g/mol. The van der Waals surface area contributed by atoms with Crippen LogP contribution in [0, 0.1) is 0 Å². The SMILES string of the molecule is O=C(CN1CCCCC1C1OCCO1)Nc1ccccc1Br. The molecular formula is C16H21BrN2O3. The Bertz CT molecular complexity index is 520. The Kier molecular flexibility index (Phi) is 5.46. The smallest absolute Gasteiger partial charge is 0.238 e. The van der Waals surface area contributed by atoms with E-state index in [1.165, 1.54) is 0 Å². The van der Waals surface area contributed by atoms with Crippen LogP contribution < -0.4 is 5.32 Å². The number of carbonyl (C=O) groups excluding carboxylic acids is 1. The van der Waals surface area contributed by atoms with Crippen LogP contribution in [0.1, 0.15) is 19.3 Å². The molecule has 6 heteroatoms. The zero-order chi connectivity index (χ0) is 15.4. The molecule has 1 atom stereocenters. The number of benzene rings is 1. The maximum atomic E-state index is 12.3. The summed E-state index contributed by atoms with van der Waals surface area (Å²) in [7, 11) is 0. The van der Waals surface area contributed by atoms with Crippen molar-refractivity contribution in [3.8, 4) is 0 Å². The van der Waals surface area contributed by atoms with Crippen molar-refractivity contribution in [3.63, 3.8) is 0 Å². The van der Waals surface area contributed by atoms with E-state index in [0.29, 0.717) is 19.8 Å². The molecule has 1 N–H and O–H groups in total. The highest BCUT2D eigenvalue weighted by molar-refractivity contribution is 9.10. The van der Waals surface area contributed by atoms with Gasteiger partial charge in [-0.3, -0.25) is 9.69 Å². The van der Waals surface area contributed by atoms with Crippen LogP contribution in [0.25, 0.3) is 0 Å². The van der Waals surface area contributed by atoms with Crippen LogP contribution in [-0.4, -0.2) is 49.4 Å². The van der Waals surface area contributed by atoms with Crippen molar-refractivity contribution < 1.29 is 14.3 Å². The largest absolute Gasteiger partial charge is 0.349 e. The lowest BCUT2D eigenvalue weighted by Gasteiger charge is -2.37. The summed E-state index contributed by atoms with van der Waals surface area (Å²) in [6, 6.07) is 7.82. The molecule has 5 nitrogen and oxygen atoms in total. The summed E-state index contributed by atoms with van der Waals surface area (Å²) in [6.07, 6.45) is 3.12. The molecule has 1 aromatic carbocycles. The van der Waals surface area contributed by atoms with E-state index in [4.69, 9.17) is 9.47 Å². The minimum absolute atomic E-state index is 0.00297. The minimum Gasteiger partial charge on any atom is -0.349 e. The fourth-order valence-corrected chi connectivity index (χ4v) is 3.44. The first-order chi connectivity index (χ1) is 10.7. The van der Waals surface area contributed by atoms with Crippen LogP contribution in [0.3, 0.4) is 0 Å². The Balaban J connectivity index is 1.60. The summed E-state index contributed by atoms with van der Waals surface area (Å²) in [5, 5.41) is 2.96. The van der Waals surface area contributed by atoms with E-state index in [9.17, 15) is 4.79 Å². The Morgan fingerprint density at radius 1 is 1.27 bits per heavy atom. The molecule has 2 fully saturated rings. The summed E-state index contributed by atoms with van der Waals surface area (Å²) in [5.74, 6) is -0.00297. The molecule has 3 rings (SSSR count). The van der Waals surface area contributed by atoms with Gasteiger partial charge in [-0.1, -0.05) is 18.6 Å². The highest BCUT2D eigenvalue weighted by Gasteiger charge is 2.34. The second-order valence-corrected chi connectivity index (χ2v) is 6.53. The Hall–Kier alpha value is -0.950. The van der Waals surface area contributed by atoms with Gasteiger partial charge in [-0.05, 0) is 47.4 Å². The van der Waals surface area contributed by atoms with Crippen LogP contribution in [-0.2, 0) is 14.3 Å². The summed E-state index contributed by atoms with van der Waals surface area (Å²) in [6.45, 7) is 2.59. The van der Waals surface area contributed by atoms with Gasteiger partial charge in [0, 0.05) is 4.47 Å². The van der Waals surface area contributed by atoms with E-state index in [1.807, 2.05) is 24.3 Å². The average Bonchev–Trinajstić information content (AvgIpc) is 3.04. The van der Waals surface area contributed by atoms with Gasteiger partial charge < -0.3 is 14.8 Å². The van der Waals surface area contributed by atoms with Gasteiger partial charge in [0.2, 0.25) is 5.91 Å². The first kappa shape index (κ1) is 15.9. The number of nitrogens with one attached hydrogen (secondary N) is 1. The van der Waals surface area contributed by atoms with Crippen molar-refractivity contribution in [2.75, 3.05) is 31.6 Å². The summed E-state index contributed by atoms with van der Waals surface area (Å²) < 4.78 is 12.2. The number of amides is 1. The molecule has 22 heavy (non-hydrogen) atoms. The lowest BCUT2D eigenvalue weighted by Crippen LogP contribution is -2.50. The van der Waals surface area contributed by atoms with Crippen molar-refractivity contribution in [3.05, 3.63) is 28.7 Å². The molecule has 0 radical (unpaired) electrons. The van der Waals surface area contributed by atoms with Crippen LogP contribution in [0.5, 0.6) is 0 Å². The van der Waals surface area contributed by atoms with Crippen molar-refractivity contribution in [2.24, 2.45) is 0 Å². The number of piperidine rings is 1. The Morgan fingerprint density at radius 3 is 2.82 bits per heavy atom. The van der Waals surface area contributed by atoms with Gasteiger partial charge in [0.25, 0.3) is 0 Å². The fraction of sp³-hybridized carbons (Fsp3) is 0.562. The quantitative estimate of drug-likeness (QED) is 0.887. The molecular weight excluding hydrogens is 348 g/mol. The number of carbonyl (C=O) groups is 1. The minimum atomic E-state index is -0.184. The van der Waals surface area contributed by atoms with Gasteiger partial charge >= 0.3 is 0 Å². The van der Waals surface area contributed by atoms with Gasteiger partial charge in [0.05, 0.1) is 31.5 Å². The van der Waals surface area contributed by atoms with E-state index >= 15 is 0 Å². The number of nitrogens with zero attached hydrogens (tertiary/aromatic N) is 1. The number of anilines is 1. The highest BCUT2D eigenvalue weighted by Crippen LogP contribution is 2.25. The molecule has 1 unspecified atom stereocenters. The first-order valence-electron chi connectivity index (χ1n) is 7.76. The number of para-hydroxylation sites is 1. The lowest BCUT2D eigenvalue weighted by molar-refractivity contribution is -0.127. The summed E-state index contributed by atoms with van der Waals surface area (Å²) in [5.41, 5.74) is 0.800. The van der Waals surface area contributed by atoms with Gasteiger partial charge in [-0.2, -0.15) is 0 Å². The molecule has 0 bridgehead atoms. The van der Waals surface area contributed by atoms with Crippen molar-refractivity contribution in [2.45, 2.75) is 31.6 Å². The maximum absolute atomic E-state index is 12.3. The average molecular weight is 369 g/mol. The lowest BCUT2D eigenvalue weighted by atomic mass is 10.0. The second-order valence-electron chi connectivity index (χ2n) is 5.67. The number of ether oxygens (including phenoxy) is 2. The third kappa shape index (κ3) is 3.87. The molecule has 0 aromatic heterocycles. The van der Waals surface area contributed by atoms with Crippen molar-refractivity contribution >= 4 is 27.5 Å². The number of hydrogen-bond acceptors (Lipinski definition) is 4. The third-order valence-electron chi connectivity index (χ3n) is 4.12. The molecule has 1 amide bonds. The zero-order valence-electron chi connectivity index (χ0n) is 12.5. The molecule has 1 aromatic rings. The molecule has 2 aliphatic heterocycles. The van der Waals surface area contributed by atoms with Gasteiger partial charge in [-0.25, -0.2) is 0 Å². The van der Waals surface area contributed by atoms with E-state index in [1.54, 1.807) is 0 Å². The number of likely N-dealkylation sites (tertiary alicyclic amines) is 1. The van der Waals surface area contributed by atoms with E-state index in [0.717, 1.165) is 36.0 Å². The van der Waals surface area contributed by atoms with Crippen LogP contribution >= 0.6 is 15.9 Å². The molecule has 2 saturated heterocycles. The van der Waals surface area contributed by atoms with Crippen LogP contribution in [0.2, 0.25) is 0 Å².